The first-order valence-electron chi connectivity index (χ1n) is 7.02. The average Bonchev–Trinajstić information content (AvgIpc) is 2.75. The maximum absolute atomic E-state index is 4.80. The van der Waals surface area contributed by atoms with Gasteiger partial charge in [0.05, 0.1) is 5.69 Å². The lowest BCUT2D eigenvalue weighted by Crippen LogP contribution is -2.29. The molecule has 0 saturated carbocycles. The molecule has 0 amide bonds. The molecule has 1 N–H and O–H groups in total. The monoisotopic (exact) mass is 260 g/mol. The van der Waals surface area contributed by atoms with E-state index in [1.165, 1.54) is 5.69 Å². The molecule has 2 heterocycles. The third kappa shape index (κ3) is 2.89. The highest BCUT2D eigenvalue weighted by molar-refractivity contribution is 5.56. The summed E-state index contributed by atoms with van der Waals surface area (Å²) in [5.41, 5.74) is 2.26. The average molecular weight is 260 g/mol. The summed E-state index contributed by atoms with van der Waals surface area (Å²) in [5.74, 6) is 1.74. The van der Waals surface area contributed by atoms with Crippen LogP contribution in [0.1, 0.15) is 26.5 Å². The van der Waals surface area contributed by atoms with Gasteiger partial charge in [0.1, 0.15) is 5.65 Å². The van der Waals surface area contributed by atoms with Crippen LogP contribution in [0.25, 0.3) is 5.65 Å². The molecule has 0 unspecified atom stereocenters. The van der Waals surface area contributed by atoms with Gasteiger partial charge in [-0.1, -0.05) is 19.9 Å². The number of pyridine rings is 1. The predicted molar refractivity (Wildman–Crippen MR) is 80.7 cm³/mol. The number of imidazole rings is 1. The number of hydrogen-bond donors (Lipinski definition) is 1. The van der Waals surface area contributed by atoms with Gasteiger partial charge in [-0.2, -0.15) is 0 Å². The summed E-state index contributed by atoms with van der Waals surface area (Å²) < 4.78 is 2.18. The molecule has 0 spiro atoms. The molecule has 2 rings (SSSR count). The van der Waals surface area contributed by atoms with Gasteiger partial charge in [-0.25, -0.2) is 4.98 Å². The fraction of sp³-hybridized carbons (Fsp3) is 0.533. The lowest BCUT2D eigenvalue weighted by molar-refractivity contribution is 0.612. The second-order valence-electron chi connectivity index (χ2n) is 5.27. The summed E-state index contributed by atoms with van der Waals surface area (Å²) in [6.45, 7) is 9.53. The Bertz CT molecular complexity index is 530. The molecule has 0 radical (unpaired) electrons. The molecule has 0 aliphatic heterocycles. The topological polar surface area (TPSA) is 32.6 Å². The van der Waals surface area contributed by atoms with Crippen LogP contribution in [0.3, 0.4) is 0 Å². The van der Waals surface area contributed by atoms with Crippen LogP contribution in [0.2, 0.25) is 0 Å². The van der Waals surface area contributed by atoms with E-state index in [2.05, 4.69) is 53.7 Å². The number of anilines is 1. The van der Waals surface area contributed by atoms with Gasteiger partial charge in [-0.3, -0.25) is 0 Å². The molecule has 2 aromatic heterocycles. The van der Waals surface area contributed by atoms with E-state index in [0.29, 0.717) is 5.92 Å². The Labute approximate surface area is 115 Å². The predicted octanol–water partition coefficient (Wildman–Crippen LogP) is 2.54. The van der Waals surface area contributed by atoms with E-state index in [0.717, 1.165) is 31.1 Å². The van der Waals surface area contributed by atoms with Crippen LogP contribution in [-0.2, 0) is 6.54 Å². The van der Waals surface area contributed by atoms with Gasteiger partial charge in [0.15, 0.2) is 5.82 Å². The van der Waals surface area contributed by atoms with Gasteiger partial charge >= 0.3 is 0 Å². The zero-order valence-electron chi connectivity index (χ0n) is 12.3. The number of fused-ring (bicyclic) bond motifs is 1. The lowest BCUT2D eigenvalue weighted by Gasteiger charge is -2.24. The molecular formula is C15H24N4. The summed E-state index contributed by atoms with van der Waals surface area (Å²) >= 11 is 0. The molecule has 0 saturated heterocycles. The van der Waals surface area contributed by atoms with Crippen LogP contribution in [0, 0.1) is 5.92 Å². The van der Waals surface area contributed by atoms with E-state index in [4.69, 9.17) is 4.98 Å². The van der Waals surface area contributed by atoms with Crippen molar-refractivity contribution in [3.63, 3.8) is 0 Å². The summed E-state index contributed by atoms with van der Waals surface area (Å²) in [5, 5.41) is 3.25. The van der Waals surface area contributed by atoms with Crippen molar-refractivity contribution in [1.82, 2.24) is 14.7 Å². The van der Waals surface area contributed by atoms with E-state index in [1.54, 1.807) is 0 Å². The van der Waals surface area contributed by atoms with Gasteiger partial charge in [0, 0.05) is 25.8 Å². The minimum Gasteiger partial charge on any atom is -0.355 e. The number of nitrogens with zero attached hydrogens (tertiary/aromatic N) is 3. The Balaban J connectivity index is 2.47. The molecule has 2 aromatic rings. The summed E-state index contributed by atoms with van der Waals surface area (Å²) in [4.78, 5) is 7.17. The first kappa shape index (κ1) is 13.9. The van der Waals surface area contributed by atoms with Crippen LogP contribution in [0.4, 0.5) is 5.82 Å². The Morgan fingerprint density at radius 2 is 2.16 bits per heavy atom. The van der Waals surface area contributed by atoms with E-state index in [1.807, 2.05) is 13.1 Å². The number of rotatable bonds is 6. The molecule has 0 bridgehead atoms. The van der Waals surface area contributed by atoms with Crippen molar-refractivity contribution in [1.29, 1.82) is 0 Å². The highest BCUT2D eigenvalue weighted by Crippen LogP contribution is 2.22. The molecule has 0 atom stereocenters. The fourth-order valence-electron chi connectivity index (χ4n) is 2.43. The highest BCUT2D eigenvalue weighted by Gasteiger charge is 2.17. The fourth-order valence-corrected chi connectivity index (χ4v) is 2.43. The zero-order valence-corrected chi connectivity index (χ0v) is 12.3. The van der Waals surface area contributed by atoms with Crippen molar-refractivity contribution in [2.75, 3.05) is 25.0 Å². The largest absolute Gasteiger partial charge is 0.355 e. The SMILES string of the molecule is CCN(CC(C)C)c1nc2ccccn2c1CNC. The maximum atomic E-state index is 4.80. The maximum Gasteiger partial charge on any atom is 0.152 e. The van der Waals surface area contributed by atoms with Crippen LogP contribution in [0.5, 0.6) is 0 Å². The van der Waals surface area contributed by atoms with Crippen molar-refractivity contribution in [3.8, 4) is 0 Å². The molecule has 4 nitrogen and oxygen atoms in total. The van der Waals surface area contributed by atoms with Crippen molar-refractivity contribution in [2.45, 2.75) is 27.3 Å². The lowest BCUT2D eigenvalue weighted by atomic mass is 10.2. The Morgan fingerprint density at radius 1 is 1.37 bits per heavy atom. The molecule has 0 aliphatic carbocycles. The molecule has 104 valence electrons. The molecular weight excluding hydrogens is 236 g/mol. The second kappa shape index (κ2) is 6.06. The second-order valence-corrected chi connectivity index (χ2v) is 5.27. The smallest absolute Gasteiger partial charge is 0.152 e. The Hall–Kier alpha value is -1.55. The summed E-state index contributed by atoms with van der Waals surface area (Å²) in [6, 6.07) is 6.15. The van der Waals surface area contributed by atoms with Crippen molar-refractivity contribution in [2.24, 2.45) is 5.92 Å². The van der Waals surface area contributed by atoms with Gasteiger partial charge in [-0.15, -0.1) is 0 Å². The van der Waals surface area contributed by atoms with E-state index >= 15 is 0 Å². The minimum atomic E-state index is 0.632. The van der Waals surface area contributed by atoms with E-state index in [9.17, 15) is 0 Å². The Kier molecular flexibility index (Phi) is 4.43. The first-order chi connectivity index (χ1) is 9.17. The number of nitrogens with one attached hydrogen (secondary N) is 1. The number of aromatic nitrogens is 2. The van der Waals surface area contributed by atoms with Crippen LogP contribution in [-0.4, -0.2) is 29.5 Å². The van der Waals surface area contributed by atoms with E-state index in [-0.39, 0.29) is 0 Å². The summed E-state index contributed by atoms with van der Waals surface area (Å²) in [7, 11) is 1.98. The third-order valence-corrected chi connectivity index (χ3v) is 3.22. The quantitative estimate of drug-likeness (QED) is 0.866. The number of hydrogen-bond acceptors (Lipinski definition) is 3. The molecule has 0 aromatic carbocycles. The standard InChI is InChI=1S/C15H24N4/c1-5-18(11-12(2)3)15-13(10-16-4)19-9-7-6-8-14(19)17-15/h6-9,12,16H,5,10-11H2,1-4H3. The highest BCUT2D eigenvalue weighted by atomic mass is 15.2. The molecule has 0 aliphatic rings. The van der Waals surface area contributed by atoms with Crippen LogP contribution in [0.15, 0.2) is 24.4 Å². The molecule has 0 fully saturated rings. The molecule has 4 heteroatoms. The normalized spacial score (nSPS) is 11.4. The van der Waals surface area contributed by atoms with Crippen molar-refractivity contribution in [3.05, 3.63) is 30.1 Å². The first-order valence-corrected chi connectivity index (χ1v) is 7.02. The van der Waals surface area contributed by atoms with Gasteiger partial charge in [0.2, 0.25) is 0 Å². The Morgan fingerprint density at radius 3 is 2.79 bits per heavy atom. The van der Waals surface area contributed by atoms with Gasteiger partial charge in [-0.05, 0) is 32.0 Å². The van der Waals surface area contributed by atoms with Crippen LogP contribution < -0.4 is 10.2 Å². The van der Waals surface area contributed by atoms with Crippen molar-refractivity contribution < 1.29 is 0 Å². The third-order valence-electron chi connectivity index (χ3n) is 3.22. The van der Waals surface area contributed by atoms with Gasteiger partial charge in [0.25, 0.3) is 0 Å². The van der Waals surface area contributed by atoms with Crippen LogP contribution >= 0.6 is 0 Å². The van der Waals surface area contributed by atoms with Gasteiger partial charge < -0.3 is 14.6 Å². The van der Waals surface area contributed by atoms with Crippen molar-refractivity contribution >= 4 is 11.5 Å². The molecule has 19 heavy (non-hydrogen) atoms. The zero-order chi connectivity index (χ0) is 13.8. The van der Waals surface area contributed by atoms with E-state index < -0.39 is 0 Å². The minimum absolute atomic E-state index is 0.632. The summed E-state index contributed by atoms with van der Waals surface area (Å²) in [6.07, 6.45) is 2.09.